The maximum absolute atomic E-state index is 9.91. The summed E-state index contributed by atoms with van der Waals surface area (Å²) in [6.45, 7) is 0. The van der Waals surface area contributed by atoms with Gasteiger partial charge in [-0.25, -0.2) is 0 Å². The third-order valence-electron chi connectivity index (χ3n) is 0.617. The zero-order valence-electron chi connectivity index (χ0n) is 4.66. The van der Waals surface area contributed by atoms with Crippen molar-refractivity contribution in [2.45, 2.75) is 10.1 Å². The molecule has 0 atom stereocenters. The zero-order chi connectivity index (χ0) is 6.62. The quantitative estimate of drug-likeness (QED) is 0.449. The standard InChI is InChI=1S/C3H6O3S.Na/c1-2-3-7(4,5)6;/h3H,1-2H2,(H,4,5,6);. The third-order valence-corrected chi connectivity index (χ3v) is 1.85. The molecule has 0 bridgehead atoms. The molecule has 1 N–H and O–H groups in total. The normalized spacial score (nSPS) is 11.9. The molecule has 1 radical (unpaired) electrons. The van der Waals surface area contributed by atoms with Crippen LogP contribution in [0.2, 0.25) is 3.67 Å². The Morgan fingerprint density at radius 1 is 1.62 bits per heavy atom. The molecule has 43 valence electrons. The van der Waals surface area contributed by atoms with Crippen LogP contribution in [0.25, 0.3) is 0 Å². The van der Waals surface area contributed by atoms with E-state index in [4.69, 9.17) is 4.55 Å². The maximum atomic E-state index is 9.91. The average Bonchev–Trinajstić information content (AvgIpc) is 1.59. The van der Waals surface area contributed by atoms with Crippen LogP contribution in [0.3, 0.4) is 0 Å². The first-order valence-corrected chi connectivity index (χ1v) is 5.28. The van der Waals surface area contributed by atoms with E-state index in [1.807, 2.05) is 0 Å². The Balaban J connectivity index is 3.42. The Kier molecular flexibility index (Phi) is 4.28. The fourth-order valence-corrected chi connectivity index (χ4v) is 1.51. The Labute approximate surface area is 66.6 Å². The van der Waals surface area contributed by atoms with Crippen LogP contribution in [0.1, 0.15) is 6.42 Å². The Morgan fingerprint density at radius 2 is 2.12 bits per heavy atom. The summed E-state index contributed by atoms with van der Waals surface area (Å²) in [6, 6.07) is 0. The van der Waals surface area contributed by atoms with Crippen molar-refractivity contribution in [3.63, 3.8) is 0 Å². The van der Waals surface area contributed by atoms with Gasteiger partial charge < -0.3 is 0 Å². The van der Waals surface area contributed by atoms with E-state index in [0.29, 0.717) is 6.42 Å². The number of hydrogen-bond donors (Lipinski definition) is 1. The molecule has 0 aliphatic carbocycles. The van der Waals surface area contributed by atoms with Crippen molar-refractivity contribution in [1.82, 2.24) is 0 Å². The van der Waals surface area contributed by atoms with E-state index in [9.17, 15) is 8.42 Å². The molecule has 0 saturated heterocycles. The van der Waals surface area contributed by atoms with Gasteiger partial charge in [-0.05, 0) is 0 Å². The first-order chi connectivity index (χ1) is 3.56. The van der Waals surface area contributed by atoms with Crippen molar-refractivity contribution in [2.24, 2.45) is 0 Å². The summed E-state index contributed by atoms with van der Waals surface area (Å²) in [7, 11) is -3.79. The Hall–Kier alpha value is 0.910. The van der Waals surface area contributed by atoms with Crippen molar-refractivity contribution >= 4 is 38.0 Å². The van der Waals surface area contributed by atoms with Crippen molar-refractivity contribution in [2.75, 3.05) is 0 Å². The molecule has 0 spiro atoms. The molecule has 0 fully saturated rings. The van der Waals surface area contributed by atoms with Gasteiger partial charge in [0.25, 0.3) is 0 Å². The Morgan fingerprint density at radius 3 is 2.25 bits per heavy atom. The molecule has 0 heterocycles. The van der Waals surface area contributed by atoms with Crippen LogP contribution < -0.4 is 0 Å². The molecular weight excluding hydrogens is 139 g/mol. The predicted octanol–water partition coefficient (Wildman–Crippen LogP) is 0.0129. The summed E-state index contributed by atoms with van der Waals surface area (Å²) < 4.78 is 28.8. The molecule has 0 aliphatic heterocycles. The summed E-state index contributed by atoms with van der Waals surface area (Å²) in [4.78, 5) is 0. The van der Waals surface area contributed by atoms with E-state index in [0.717, 1.165) is 37.4 Å². The van der Waals surface area contributed by atoms with Gasteiger partial charge in [-0.15, -0.1) is 0 Å². The molecule has 0 aromatic heterocycles. The molecule has 0 saturated carbocycles. The van der Waals surface area contributed by atoms with E-state index in [1.54, 1.807) is 0 Å². The van der Waals surface area contributed by atoms with Crippen LogP contribution in [0.4, 0.5) is 0 Å². The fourth-order valence-electron chi connectivity index (χ4n) is 0.267. The van der Waals surface area contributed by atoms with Crippen LogP contribution in [0, 0.1) is 5.75 Å². The minimum absolute atomic E-state index is 0.477. The molecule has 0 rings (SSSR count). The van der Waals surface area contributed by atoms with Gasteiger partial charge in [0.15, 0.2) is 0 Å². The van der Waals surface area contributed by atoms with Crippen LogP contribution in [-0.2, 0) is 10.1 Å². The second-order valence-electron chi connectivity index (χ2n) is 1.47. The van der Waals surface area contributed by atoms with Crippen molar-refractivity contribution in [1.29, 1.82) is 0 Å². The summed E-state index contributed by atoms with van der Waals surface area (Å²) in [5.74, 6) is 0.931. The molecule has 0 aromatic carbocycles. The molecule has 0 aliphatic rings. The first-order valence-electron chi connectivity index (χ1n) is 2.37. The van der Waals surface area contributed by atoms with E-state index >= 15 is 0 Å². The summed E-state index contributed by atoms with van der Waals surface area (Å²) in [5.41, 5.74) is 0. The van der Waals surface area contributed by atoms with Crippen molar-refractivity contribution in [3.05, 3.63) is 5.75 Å². The number of hydrogen-bond acceptors (Lipinski definition) is 2. The molecule has 0 aromatic rings. The van der Waals surface area contributed by atoms with Gasteiger partial charge in [0, 0.05) is 0 Å². The second kappa shape index (κ2) is 3.85. The molecule has 0 unspecified atom stereocenters. The molecule has 3 nitrogen and oxygen atoms in total. The number of rotatable bonds is 3. The van der Waals surface area contributed by atoms with Crippen LogP contribution in [0.15, 0.2) is 0 Å². The van der Waals surface area contributed by atoms with Crippen molar-refractivity contribution in [3.8, 4) is 0 Å². The topological polar surface area (TPSA) is 54.4 Å². The first kappa shape index (κ1) is 8.91. The van der Waals surface area contributed by atoms with Gasteiger partial charge in [0.05, 0.1) is 0 Å². The van der Waals surface area contributed by atoms with E-state index < -0.39 is 10.1 Å². The summed E-state index contributed by atoms with van der Waals surface area (Å²) in [6.07, 6.45) is 0.477. The van der Waals surface area contributed by atoms with Gasteiger partial charge in [0.1, 0.15) is 0 Å². The zero-order valence-corrected chi connectivity index (χ0v) is 7.48. The second-order valence-corrected chi connectivity index (χ2v) is 3.83. The van der Waals surface area contributed by atoms with Crippen LogP contribution in [-0.4, -0.2) is 40.9 Å². The molecule has 8 heavy (non-hydrogen) atoms. The third kappa shape index (κ3) is 6.91. The monoisotopic (exact) mass is 145 g/mol. The van der Waals surface area contributed by atoms with Gasteiger partial charge >= 0.3 is 66.9 Å². The van der Waals surface area contributed by atoms with Gasteiger partial charge in [-0.3, -0.25) is 0 Å². The van der Waals surface area contributed by atoms with E-state index in [1.165, 1.54) is 0 Å². The summed E-state index contributed by atoms with van der Waals surface area (Å²) in [5, 5.41) is 0. The molecule has 5 heteroatoms. The van der Waals surface area contributed by atoms with E-state index in [2.05, 4.69) is 0 Å². The van der Waals surface area contributed by atoms with Gasteiger partial charge in [0.2, 0.25) is 0 Å². The summed E-state index contributed by atoms with van der Waals surface area (Å²) >= 11 is 0.976. The van der Waals surface area contributed by atoms with Crippen LogP contribution >= 0.6 is 0 Å². The molecule has 0 amide bonds. The Bertz CT molecular complexity index is 139. The van der Waals surface area contributed by atoms with Crippen molar-refractivity contribution < 1.29 is 13.0 Å². The van der Waals surface area contributed by atoms with Gasteiger partial charge in [-0.1, -0.05) is 0 Å². The minimum atomic E-state index is -3.79. The SMILES string of the molecule is O=S(=O)(O)[CH]C[CH2][Na]. The van der Waals surface area contributed by atoms with Gasteiger partial charge in [-0.2, -0.15) is 0 Å². The predicted molar refractivity (Wildman–Crippen MR) is 31.0 cm³/mol. The average molecular weight is 145 g/mol. The fraction of sp³-hybridized carbons (Fsp3) is 0.667. The van der Waals surface area contributed by atoms with Crippen LogP contribution in [0.5, 0.6) is 0 Å². The van der Waals surface area contributed by atoms with E-state index in [-0.39, 0.29) is 0 Å². The molecular formula is C3H6NaO3S.